The minimum absolute atomic E-state index is 0.0939. The van der Waals surface area contributed by atoms with Crippen LogP contribution < -0.4 is 9.47 Å². The van der Waals surface area contributed by atoms with E-state index in [0.29, 0.717) is 27.7 Å². The lowest BCUT2D eigenvalue weighted by Gasteiger charge is -2.38. The second-order valence-corrected chi connectivity index (χ2v) is 8.37. The minimum atomic E-state index is -1.46. The van der Waals surface area contributed by atoms with E-state index in [1.54, 1.807) is 26.4 Å². The highest BCUT2D eigenvalue weighted by atomic mass is 32.2. The Balaban J connectivity index is 1.78. The number of thioether (sulfide) groups is 1. The van der Waals surface area contributed by atoms with Crippen molar-refractivity contribution in [1.82, 2.24) is 4.90 Å². The molecule has 2 aromatic carbocycles. The van der Waals surface area contributed by atoms with Crippen LogP contribution in [0.3, 0.4) is 0 Å². The first-order chi connectivity index (χ1) is 14.4. The Kier molecular flexibility index (Phi) is 5.22. The van der Waals surface area contributed by atoms with E-state index in [4.69, 9.17) is 9.47 Å². The number of carbonyl (C=O) groups excluding carboxylic acids is 1. The van der Waals surface area contributed by atoms with Gasteiger partial charge in [-0.05, 0) is 24.6 Å². The lowest BCUT2D eigenvalue weighted by Crippen LogP contribution is -2.48. The number of fused-ring (bicyclic) bond motifs is 1. The Labute approximate surface area is 179 Å². The van der Waals surface area contributed by atoms with Gasteiger partial charge < -0.3 is 14.6 Å². The van der Waals surface area contributed by atoms with Crippen LogP contribution in [0.1, 0.15) is 29.0 Å². The van der Waals surface area contributed by atoms with Gasteiger partial charge in [0.1, 0.15) is 0 Å². The summed E-state index contributed by atoms with van der Waals surface area (Å²) < 4.78 is 10.7. The molecule has 0 bridgehead atoms. The molecule has 0 saturated carbocycles. The number of benzene rings is 2. The molecular weight excluding hydrogens is 400 g/mol. The maximum atomic E-state index is 13.2. The van der Waals surface area contributed by atoms with Gasteiger partial charge in [0.05, 0.1) is 36.6 Å². The van der Waals surface area contributed by atoms with Crippen molar-refractivity contribution in [3.05, 3.63) is 69.8 Å². The molecule has 0 unspecified atom stereocenters. The molecule has 1 saturated heterocycles. The van der Waals surface area contributed by atoms with E-state index in [9.17, 15) is 15.2 Å². The number of carbonyl (C=O) groups is 1. The van der Waals surface area contributed by atoms with Crippen LogP contribution in [0.5, 0.6) is 11.5 Å². The fourth-order valence-electron chi connectivity index (χ4n) is 4.01. The van der Waals surface area contributed by atoms with Gasteiger partial charge in [-0.1, -0.05) is 35.9 Å². The van der Waals surface area contributed by atoms with E-state index in [2.05, 4.69) is 6.07 Å². The van der Waals surface area contributed by atoms with Gasteiger partial charge in [0, 0.05) is 17.9 Å². The Morgan fingerprint density at radius 2 is 1.87 bits per heavy atom. The van der Waals surface area contributed by atoms with Crippen molar-refractivity contribution in [2.24, 2.45) is 0 Å². The number of nitriles is 1. The number of aryl methyl sites for hydroxylation is 1. The minimum Gasteiger partial charge on any atom is -0.493 e. The quantitative estimate of drug-likeness (QED) is 0.810. The highest BCUT2D eigenvalue weighted by molar-refractivity contribution is 8.03. The fraction of sp³-hybridized carbons (Fsp3) is 0.304. The third-order valence-electron chi connectivity index (χ3n) is 5.63. The number of hydrogen-bond acceptors (Lipinski definition) is 6. The van der Waals surface area contributed by atoms with E-state index >= 15 is 0 Å². The van der Waals surface area contributed by atoms with Gasteiger partial charge in [0.15, 0.2) is 17.2 Å². The van der Waals surface area contributed by atoms with Crippen molar-refractivity contribution in [1.29, 1.82) is 5.26 Å². The molecule has 0 radical (unpaired) electrons. The van der Waals surface area contributed by atoms with E-state index in [0.717, 1.165) is 11.1 Å². The zero-order valence-corrected chi connectivity index (χ0v) is 17.8. The summed E-state index contributed by atoms with van der Waals surface area (Å²) >= 11 is 1.34. The molecule has 30 heavy (non-hydrogen) atoms. The molecule has 7 heteroatoms. The van der Waals surface area contributed by atoms with Crippen LogP contribution in [-0.4, -0.2) is 35.9 Å². The Hall–Kier alpha value is -2.95. The van der Waals surface area contributed by atoms with Crippen LogP contribution in [0, 0.1) is 18.3 Å². The molecule has 4 rings (SSSR count). The first-order valence-electron chi connectivity index (χ1n) is 9.54. The summed E-state index contributed by atoms with van der Waals surface area (Å²) in [4.78, 5) is 14.6. The smallest absolute Gasteiger partial charge is 0.231 e. The van der Waals surface area contributed by atoms with E-state index in [1.807, 2.05) is 37.3 Å². The Morgan fingerprint density at radius 1 is 1.17 bits per heavy atom. The van der Waals surface area contributed by atoms with Gasteiger partial charge in [-0.2, -0.15) is 5.26 Å². The molecular formula is C23H22N2O4S. The van der Waals surface area contributed by atoms with Gasteiger partial charge in [0.25, 0.3) is 0 Å². The van der Waals surface area contributed by atoms with Gasteiger partial charge in [-0.15, -0.1) is 11.8 Å². The molecule has 2 atom stereocenters. The molecule has 2 aliphatic rings. The molecule has 6 nitrogen and oxygen atoms in total. The highest BCUT2D eigenvalue weighted by Gasteiger charge is 2.51. The fourth-order valence-corrected chi connectivity index (χ4v) is 5.37. The summed E-state index contributed by atoms with van der Waals surface area (Å²) in [6, 6.07) is 15.2. The second kappa shape index (κ2) is 7.71. The summed E-state index contributed by atoms with van der Waals surface area (Å²) in [5, 5.41) is 21.9. The number of aliphatic hydroxyl groups is 1. The lowest BCUT2D eigenvalue weighted by molar-refractivity contribution is -0.149. The SMILES string of the molecule is COc1ccc([C@H]2CC(=O)N3C(=C2C#N)SC[C@]3(O)c2ccc(C)cc2)cc1OC. The predicted octanol–water partition coefficient (Wildman–Crippen LogP) is 3.66. The number of ether oxygens (including phenoxy) is 2. The average Bonchev–Trinajstić information content (AvgIpc) is 3.12. The van der Waals surface area contributed by atoms with Gasteiger partial charge in [-0.3, -0.25) is 9.69 Å². The Morgan fingerprint density at radius 3 is 2.50 bits per heavy atom. The van der Waals surface area contributed by atoms with Crippen molar-refractivity contribution in [2.45, 2.75) is 25.0 Å². The van der Waals surface area contributed by atoms with Crippen LogP contribution in [0.2, 0.25) is 0 Å². The van der Waals surface area contributed by atoms with Crippen molar-refractivity contribution < 1.29 is 19.4 Å². The van der Waals surface area contributed by atoms with Crippen LogP contribution in [-0.2, 0) is 10.5 Å². The van der Waals surface area contributed by atoms with Crippen molar-refractivity contribution in [3.63, 3.8) is 0 Å². The van der Waals surface area contributed by atoms with Crippen molar-refractivity contribution in [3.8, 4) is 17.6 Å². The molecule has 0 aliphatic carbocycles. The van der Waals surface area contributed by atoms with Crippen LogP contribution in [0.4, 0.5) is 0 Å². The molecule has 1 amide bonds. The average molecular weight is 423 g/mol. The van der Waals surface area contributed by atoms with E-state index in [1.165, 1.54) is 16.7 Å². The zero-order valence-electron chi connectivity index (χ0n) is 17.0. The van der Waals surface area contributed by atoms with Gasteiger partial charge >= 0.3 is 0 Å². The zero-order chi connectivity index (χ0) is 21.5. The number of hydrogen-bond donors (Lipinski definition) is 1. The molecule has 1 fully saturated rings. The van der Waals surface area contributed by atoms with E-state index in [-0.39, 0.29) is 18.1 Å². The molecule has 154 valence electrons. The first kappa shape index (κ1) is 20.3. The summed E-state index contributed by atoms with van der Waals surface area (Å²) in [5.41, 5.74) is 1.53. The lowest BCUT2D eigenvalue weighted by atomic mass is 9.85. The third-order valence-corrected chi connectivity index (χ3v) is 6.86. The second-order valence-electron chi connectivity index (χ2n) is 7.40. The summed E-state index contributed by atoms with van der Waals surface area (Å²) in [5.74, 6) is 0.793. The summed E-state index contributed by atoms with van der Waals surface area (Å²) in [6.07, 6.45) is 0.0939. The van der Waals surface area contributed by atoms with Crippen molar-refractivity contribution >= 4 is 17.7 Å². The predicted molar refractivity (Wildman–Crippen MR) is 114 cm³/mol. The monoisotopic (exact) mass is 422 g/mol. The molecule has 2 aromatic rings. The topological polar surface area (TPSA) is 82.8 Å². The summed E-state index contributed by atoms with van der Waals surface area (Å²) in [7, 11) is 3.11. The van der Waals surface area contributed by atoms with E-state index < -0.39 is 11.6 Å². The number of allylic oxidation sites excluding steroid dienone is 1. The number of rotatable bonds is 4. The first-order valence-corrected chi connectivity index (χ1v) is 10.5. The Bertz CT molecular complexity index is 1070. The van der Waals surface area contributed by atoms with Crippen LogP contribution in [0.15, 0.2) is 53.1 Å². The molecule has 0 aromatic heterocycles. The molecule has 0 spiro atoms. The van der Waals surface area contributed by atoms with Gasteiger partial charge in [0.2, 0.25) is 5.91 Å². The maximum Gasteiger partial charge on any atom is 0.231 e. The molecule has 1 N–H and O–H groups in total. The highest BCUT2D eigenvalue weighted by Crippen LogP contribution is 2.52. The molecule has 2 aliphatic heterocycles. The normalized spacial score (nSPS) is 23.2. The molecule has 2 heterocycles. The summed E-state index contributed by atoms with van der Waals surface area (Å²) in [6.45, 7) is 1.97. The number of nitrogens with zero attached hydrogens (tertiary/aromatic N) is 2. The number of methoxy groups -OCH3 is 2. The van der Waals surface area contributed by atoms with Gasteiger partial charge in [-0.25, -0.2) is 0 Å². The number of amides is 1. The maximum absolute atomic E-state index is 13.2. The third kappa shape index (κ3) is 3.13. The van der Waals surface area contributed by atoms with Crippen LogP contribution >= 0.6 is 11.8 Å². The largest absolute Gasteiger partial charge is 0.493 e. The standard InChI is InChI=1S/C23H22N2O4S/c1-14-4-7-16(8-5-14)23(27)13-30-22-18(12-24)17(11-21(26)25(22)23)15-6-9-19(28-2)20(10-15)29-3/h4-10,17,27H,11,13H2,1-3H3/t17-,23+/m1/s1. The van der Waals surface area contributed by atoms with Crippen molar-refractivity contribution in [2.75, 3.05) is 20.0 Å². The van der Waals surface area contributed by atoms with Crippen LogP contribution in [0.25, 0.3) is 0 Å².